The number of ether oxygens (including phenoxy) is 1. The van der Waals surface area contributed by atoms with Crippen molar-refractivity contribution in [2.75, 3.05) is 0 Å². The number of aliphatic hydroxyl groups is 2. The molecule has 0 amide bonds. The zero-order chi connectivity index (χ0) is 9.09. The standard InChI is InChI=1S/C6H9BF2O3/c7-4-2(11)6(5(8)9)1(10)3(6)12-4/h1-5,10-11H,7H2/t1?,2-,3+,4+,6-/m0/s1. The Balaban J connectivity index is 2.25. The highest BCUT2D eigenvalue weighted by Gasteiger charge is 2.79. The fourth-order valence-corrected chi connectivity index (χ4v) is 2.00. The maximum atomic E-state index is 12.4. The molecule has 0 aromatic carbocycles. The monoisotopic (exact) mass is 178 g/mol. The van der Waals surface area contributed by atoms with Gasteiger partial charge in [0, 0.05) is 0 Å². The van der Waals surface area contributed by atoms with Gasteiger partial charge in [0.15, 0.2) is 0 Å². The van der Waals surface area contributed by atoms with E-state index in [0.717, 1.165) is 0 Å². The van der Waals surface area contributed by atoms with Crippen molar-refractivity contribution >= 4 is 7.85 Å². The molecule has 2 aliphatic rings. The first-order valence-corrected chi connectivity index (χ1v) is 3.82. The second-order valence-corrected chi connectivity index (χ2v) is 3.45. The fourth-order valence-electron chi connectivity index (χ4n) is 2.00. The van der Waals surface area contributed by atoms with Crippen LogP contribution in [0.15, 0.2) is 0 Å². The normalized spacial score (nSPS) is 57.4. The first-order chi connectivity index (χ1) is 5.52. The second-order valence-electron chi connectivity index (χ2n) is 3.45. The van der Waals surface area contributed by atoms with Gasteiger partial charge in [0.2, 0.25) is 0 Å². The summed E-state index contributed by atoms with van der Waals surface area (Å²) in [4.78, 5) is 0. The molecule has 3 nitrogen and oxygen atoms in total. The summed E-state index contributed by atoms with van der Waals surface area (Å²) in [5.41, 5.74) is -1.70. The molecule has 0 bridgehead atoms. The van der Waals surface area contributed by atoms with Crippen molar-refractivity contribution < 1.29 is 23.7 Å². The third-order valence-electron chi connectivity index (χ3n) is 2.88. The van der Waals surface area contributed by atoms with Crippen molar-refractivity contribution in [2.45, 2.75) is 30.7 Å². The summed E-state index contributed by atoms with van der Waals surface area (Å²) in [5, 5.41) is 18.4. The Morgan fingerprint density at radius 1 is 1.33 bits per heavy atom. The van der Waals surface area contributed by atoms with Crippen molar-refractivity contribution in [2.24, 2.45) is 5.41 Å². The molecule has 1 saturated heterocycles. The number of fused-ring (bicyclic) bond motifs is 1. The third-order valence-corrected chi connectivity index (χ3v) is 2.88. The van der Waals surface area contributed by atoms with E-state index < -0.39 is 36.2 Å². The molecular formula is C6H9BF2O3. The van der Waals surface area contributed by atoms with Crippen LogP contribution in [0.1, 0.15) is 0 Å². The Morgan fingerprint density at radius 2 is 1.92 bits per heavy atom. The molecule has 1 aliphatic heterocycles. The summed E-state index contributed by atoms with van der Waals surface area (Å²) in [7, 11) is 1.52. The van der Waals surface area contributed by atoms with Gasteiger partial charge in [-0.05, 0) is 0 Å². The molecule has 5 atom stereocenters. The molecule has 1 heterocycles. The Kier molecular flexibility index (Phi) is 1.53. The second kappa shape index (κ2) is 2.18. The Bertz CT molecular complexity index is 208. The summed E-state index contributed by atoms with van der Waals surface area (Å²) < 4.78 is 29.8. The largest absolute Gasteiger partial charge is 0.390 e. The zero-order valence-corrected chi connectivity index (χ0v) is 6.45. The van der Waals surface area contributed by atoms with Crippen LogP contribution in [0.4, 0.5) is 8.78 Å². The van der Waals surface area contributed by atoms with Crippen LogP contribution in [0.3, 0.4) is 0 Å². The van der Waals surface area contributed by atoms with Crippen molar-refractivity contribution in [1.82, 2.24) is 0 Å². The van der Waals surface area contributed by atoms with Gasteiger partial charge in [-0.3, -0.25) is 0 Å². The molecule has 68 valence electrons. The van der Waals surface area contributed by atoms with Crippen LogP contribution >= 0.6 is 0 Å². The maximum absolute atomic E-state index is 12.4. The maximum Gasteiger partial charge on any atom is 0.251 e. The summed E-state index contributed by atoms with van der Waals surface area (Å²) in [6, 6.07) is -0.604. The number of halogens is 2. The van der Waals surface area contributed by atoms with Crippen LogP contribution in [0, 0.1) is 5.41 Å². The Hall–Kier alpha value is -0.195. The van der Waals surface area contributed by atoms with Gasteiger partial charge in [-0.15, -0.1) is 0 Å². The predicted molar refractivity (Wildman–Crippen MR) is 37.7 cm³/mol. The molecule has 2 fully saturated rings. The number of aliphatic hydroxyl groups excluding tert-OH is 2. The van der Waals surface area contributed by atoms with Gasteiger partial charge in [0.25, 0.3) is 6.43 Å². The molecule has 2 N–H and O–H groups in total. The molecule has 2 rings (SSSR count). The topological polar surface area (TPSA) is 49.7 Å². The Morgan fingerprint density at radius 3 is 2.25 bits per heavy atom. The van der Waals surface area contributed by atoms with Gasteiger partial charge in [-0.1, -0.05) is 0 Å². The molecule has 6 heteroatoms. The molecule has 0 spiro atoms. The van der Waals surface area contributed by atoms with Crippen LogP contribution in [0.5, 0.6) is 0 Å². The lowest BCUT2D eigenvalue weighted by molar-refractivity contribution is -0.0535. The van der Waals surface area contributed by atoms with Gasteiger partial charge in [-0.2, -0.15) is 0 Å². The lowest BCUT2D eigenvalue weighted by Crippen LogP contribution is -2.38. The van der Waals surface area contributed by atoms with Crippen molar-refractivity contribution in [3.8, 4) is 0 Å². The van der Waals surface area contributed by atoms with E-state index in [1.54, 1.807) is 0 Å². The number of hydrogen-bond donors (Lipinski definition) is 2. The van der Waals surface area contributed by atoms with Crippen molar-refractivity contribution in [1.29, 1.82) is 0 Å². The smallest absolute Gasteiger partial charge is 0.251 e. The van der Waals surface area contributed by atoms with E-state index in [1.807, 2.05) is 0 Å². The minimum absolute atomic E-state index is 0.604. The highest BCUT2D eigenvalue weighted by atomic mass is 19.3. The SMILES string of the molecule is B[C@@H]1O[C@@H]2C(O)[C@]2(C(F)F)[C@H]1O. The van der Waals surface area contributed by atoms with Crippen LogP contribution in [0.25, 0.3) is 0 Å². The van der Waals surface area contributed by atoms with E-state index in [0.29, 0.717) is 0 Å². The van der Waals surface area contributed by atoms with Crippen LogP contribution in [0.2, 0.25) is 0 Å². The highest BCUT2D eigenvalue weighted by molar-refractivity contribution is 6.11. The van der Waals surface area contributed by atoms with Gasteiger partial charge in [0.05, 0.1) is 18.2 Å². The average Bonchev–Trinajstić information content (AvgIpc) is 2.44. The molecule has 0 radical (unpaired) electrons. The minimum Gasteiger partial charge on any atom is -0.390 e. The molecule has 1 unspecified atom stereocenters. The molecule has 12 heavy (non-hydrogen) atoms. The highest BCUT2D eigenvalue weighted by Crippen LogP contribution is 2.60. The quantitative estimate of drug-likeness (QED) is 0.472. The van der Waals surface area contributed by atoms with Crippen molar-refractivity contribution in [3.63, 3.8) is 0 Å². The van der Waals surface area contributed by atoms with E-state index in [-0.39, 0.29) is 0 Å². The van der Waals surface area contributed by atoms with E-state index in [4.69, 9.17) is 9.84 Å². The van der Waals surface area contributed by atoms with Crippen LogP contribution in [-0.2, 0) is 4.74 Å². The van der Waals surface area contributed by atoms with E-state index in [1.165, 1.54) is 7.85 Å². The minimum atomic E-state index is -2.72. The molecule has 1 aliphatic carbocycles. The molecule has 0 aromatic heterocycles. The number of alkyl halides is 2. The first kappa shape index (κ1) is 8.41. The lowest BCUT2D eigenvalue weighted by atomic mass is 9.86. The van der Waals surface area contributed by atoms with Gasteiger partial charge < -0.3 is 14.9 Å². The van der Waals surface area contributed by atoms with Crippen LogP contribution < -0.4 is 0 Å². The summed E-state index contributed by atoms with van der Waals surface area (Å²) in [5.74, 6) is 0. The summed E-state index contributed by atoms with van der Waals surface area (Å²) in [6.07, 6.45) is -6.05. The fraction of sp³-hybridized carbons (Fsp3) is 1.00. The van der Waals surface area contributed by atoms with Gasteiger partial charge >= 0.3 is 0 Å². The molecule has 0 aromatic rings. The zero-order valence-electron chi connectivity index (χ0n) is 6.45. The van der Waals surface area contributed by atoms with Gasteiger partial charge in [-0.25, -0.2) is 8.78 Å². The predicted octanol–water partition coefficient (Wildman–Crippen LogP) is -1.67. The third kappa shape index (κ3) is 0.665. The van der Waals surface area contributed by atoms with E-state index in [9.17, 15) is 13.9 Å². The number of hydrogen-bond acceptors (Lipinski definition) is 3. The van der Waals surface area contributed by atoms with E-state index in [2.05, 4.69) is 0 Å². The number of rotatable bonds is 1. The lowest BCUT2D eigenvalue weighted by Gasteiger charge is -2.20. The molecule has 1 saturated carbocycles. The van der Waals surface area contributed by atoms with Crippen molar-refractivity contribution in [3.05, 3.63) is 0 Å². The van der Waals surface area contributed by atoms with Crippen LogP contribution in [-0.4, -0.2) is 48.8 Å². The molecular weight excluding hydrogens is 169 g/mol. The first-order valence-electron chi connectivity index (χ1n) is 3.82. The van der Waals surface area contributed by atoms with E-state index >= 15 is 0 Å². The van der Waals surface area contributed by atoms with Gasteiger partial charge in [0.1, 0.15) is 19.4 Å². The summed E-state index contributed by atoms with van der Waals surface area (Å²) >= 11 is 0. The Labute approximate surface area is 68.7 Å². The average molecular weight is 178 g/mol. The summed E-state index contributed by atoms with van der Waals surface area (Å²) in [6.45, 7) is 0.